The highest BCUT2D eigenvalue weighted by molar-refractivity contribution is 5.40. The van der Waals surface area contributed by atoms with Crippen LogP contribution in [0.25, 0.3) is 0 Å². The fourth-order valence-corrected chi connectivity index (χ4v) is 3.57. The lowest BCUT2D eigenvalue weighted by atomic mass is 9.91. The first-order valence-electron chi connectivity index (χ1n) is 9.79. The first-order chi connectivity index (χ1) is 11.3. The van der Waals surface area contributed by atoms with Crippen LogP contribution in [0, 0.1) is 0 Å². The van der Waals surface area contributed by atoms with E-state index in [9.17, 15) is 0 Å². The first-order valence-corrected chi connectivity index (χ1v) is 9.79. The maximum absolute atomic E-state index is 4.19. The Morgan fingerprint density at radius 1 is 1.09 bits per heavy atom. The number of nitrogens with one attached hydrogen (secondary N) is 1. The maximum Gasteiger partial charge on any atom is 0.0181 e. The van der Waals surface area contributed by atoms with Gasteiger partial charge in [-0.15, -0.1) is 0 Å². The lowest BCUT2D eigenvalue weighted by molar-refractivity contribution is 0.613. The van der Waals surface area contributed by atoms with Crippen LogP contribution in [0.3, 0.4) is 0 Å². The zero-order chi connectivity index (χ0) is 16.3. The van der Waals surface area contributed by atoms with Gasteiger partial charge in [0.1, 0.15) is 0 Å². The molecule has 0 heterocycles. The van der Waals surface area contributed by atoms with Crippen molar-refractivity contribution in [3.8, 4) is 0 Å². The Morgan fingerprint density at radius 2 is 1.87 bits per heavy atom. The molecule has 1 nitrogen and oxygen atoms in total. The molecule has 0 radical (unpaired) electrons. The molecular weight excluding hydrogens is 278 g/mol. The molecule has 0 aromatic carbocycles. The predicted octanol–water partition coefficient (Wildman–Crippen LogP) is 6.60. The summed E-state index contributed by atoms with van der Waals surface area (Å²) in [4.78, 5) is 0. The van der Waals surface area contributed by atoms with Gasteiger partial charge >= 0.3 is 0 Å². The van der Waals surface area contributed by atoms with E-state index in [4.69, 9.17) is 0 Å². The van der Waals surface area contributed by atoms with E-state index in [0.717, 1.165) is 25.8 Å². The fourth-order valence-electron chi connectivity index (χ4n) is 3.57. The molecule has 1 heteroatoms. The standard InChI is InChI=1S/C22H35N/c1-3-4-5-6-7-11-19(2)23-17-16-20-12-10-15-21-13-8-9-14-22(21)18-20/h10,15,18,23H,2-9,11-14,16-17H2,1H3. The second-order valence-electron chi connectivity index (χ2n) is 7.11. The van der Waals surface area contributed by atoms with E-state index >= 15 is 0 Å². The zero-order valence-corrected chi connectivity index (χ0v) is 15.1. The molecule has 0 fully saturated rings. The van der Waals surface area contributed by atoms with Gasteiger partial charge in [0.2, 0.25) is 0 Å². The van der Waals surface area contributed by atoms with Gasteiger partial charge in [0, 0.05) is 12.2 Å². The molecule has 0 saturated heterocycles. The Morgan fingerprint density at radius 3 is 2.70 bits per heavy atom. The third-order valence-electron chi connectivity index (χ3n) is 5.04. The molecule has 2 aliphatic carbocycles. The van der Waals surface area contributed by atoms with E-state index in [1.165, 1.54) is 63.5 Å². The lowest BCUT2D eigenvalue weighted by Crippen LogP contribution is -2.14. The lowest BCUT2D eigenvalue weighted by Gasteiger charge is -2.15. The van der Waals surface area contributed by atoms with Gasteiger partial charge in [-0.05, 0) is 62.5 Å². The number of rotatable bonds is 10. The molecule has 0 spiro atoms. The average molecular weight is 314 g/mol. The Bertz CT molecular complexity index is 464. The van der Waals surface area contributed by atoms with Crippen molar-refractivity contribution in [3.63, 3.8) is 0 Å². The van der Waals surface area contributed by atoms with Crippen LogP contribution in [0.2, 0.25) is 0 Å². The third-order valence-corrected chi connectivity index (χ3v) is 5.04. The van der Waals surface area contributed by atoms with Crippen molar-refractivity contribution in [1.82, 2.24) is 5.32 Å². The highest BCUT2D eigenvalue weighted by Crippen LogP contribution is 2.30. The number of allylic oxidation sites excluding steroid dienone is 6. The first kappa shape index (κ1) is 18.1. The summed E-state index contributed by atoms with van der Waals surface area (Å²) in [6, 6.07) is 0. The Kier molecular flexibility index (Phi) is 8.28. The average Bonchev–Trinajstić information content (AvgIpc) is 2.76. The van der Waals surface area contributed by atoms with E-state index in [1.807, 2.05) is 0 Å². The summed E-state index contributed by atoms with van der Waals surface area (Å²) >= 11 is 0. The zero-order valence-electron chi connectivity index (χ0n) is 15.1. The van der Waals surface area contributed by atoms with Crippen molar-refractivity contribution >= 4 is 0 Å². The summed E-state index contributed by atoms with van der Waals surface area (Å²) in [7, 11) is 0. The van der Waals surface area contributed by atoms with E-state index in [-0.39, 0.29) is 0 Å². The normalized spacial score (nSPS) is 17.5. The van der Waals surface area contributed by atoms with Gasteiger partial charge in [-0.25, -0.2) is 0 Å². The number of hydrogen-bond donors (Lipinski definition) is 1. The molecule has 0 unspecified atom stereocenters. The van der Waals surface area contributed by atoms with Gasteiger partial charge < -0.3 is 5.32 Å². The second-order valence-corrected chi connectivity index (χ2v) is 7.11. The SMILES string of the molecule is C=C(CCCCCCC)NCCC1=CC2=C(C=CC1)CCCC2. The fraction of sp³-hybridized carbons (Fsp3) is 0.636. The summed E-state index contributed by atoms with van der Waals surface area (Å²) in [6.07, 6.45) is 22.6. The van der Waals surface area contributed by atoms with Gasteiger partial charge in [-0.3, -0.25) is 0 Å². The molecule has 0 bridgehead atoms. The van der Waals surface area contributed by atoms with Crippen molar-refractivity contribution in [3.05, 3.63) is 47.2 Å². The smallest absolute Gasteiger partial charge is 0.0181 e. The van der Waals surface area contributed by atoms with E-state index in [1.54, 1.807) is 16.7 Å². The molecule has 2 aliphatic rings. The van der Waals surface area contributed by atoms with Crippen molar-refractivity contribution in [2.45, 2.75) is 84.0 Å². The molecule has 0 aromatic rings. The highest BCUT2D eigenvalue weighted by Gasteiger charge is 2.11. The Balaban J connectivity index is 1.66. The minimum Gasteiger partial charge on any atom is -0.388 e. The van der Waals surface area contributed by atoms with Crippen LogP contribution in [-0.2, 0) is 0 Å². The van der Waals surface area contributed by atoms with Crippen LogP contribution in [-0.4, -0.2) is 6.54 Å². The minimum atomic E-state index is 1.04. The molecule has 128 valence electrons. The molecule has 1 N–H and O–H groups in total. The van der Waals surface area contributed by atoms with Crippen molar-refractivity contribution in [2.24, 2.45) is 0 Å². The maximum atomic E-state index is 4.19. The van der Waals surface area contributed by atoms with Crippen molar-refractivity contribution in [2.75, 3.05) is 6.54 Å². The summed E-state index contributed by atoms with van der Waals surface area (Å²) in [6.45, 7) is 7.49. The van der Waals surface area contributed by atoms with Crippen LogP contribution >= 0.6 is 0 Å². The van der Waals surface area contributed by atoms with E-state index in [0.29, 0.717) is 0 Å². The highest BCUT2D eigenvalue weighted by atomic mass is 14.9. The molecule has 0 amide bonds. The second kappa shape index (κ2) is 10.5. The van der Waals surface area contributed by atoms with Gasteiger partial charge in [0.15, 0.2) is 0 Å². The molecule has 23 heavy (non-hydrogen) atoms. The Labute approximate surface area is 143 Å². The van der Waals surface area contributed by atoms with Crippen LogP contribution in [0.1, 0.15) is 84.0 Å². The largest absolute Gasteiger partial charge is 0.388 e. The molecule has 2 rings (SSSR count). The van der Waals surface area contributed by atoms with Gasteiger partial charge in [-0.1, -0.05) is 63.0 Å². The third kappa shape index (κ3) is 6.81. The molecule has 0 aromatic heterocycles. The topological polar surface area (TPSA) is 12.0 Å². The molecule has 0 atom stereocenters. The molecular formula is C22H35N. The van der Waals surface area contributed by atoms with Crippen LogP contribution in [0.4, 0.5) is 0 Å². The van der Waals surface area contributed by atoms with E-state index < -0.39 is 0 Å². The number of unbranched alkanes of at least 4 members (excludes halogenated alkanes) is 4. The van der Waals surface area contributed by atoms with Gasteiger partial charge in [0.25, 0.3) is 0 Å². The van der Waals surface area contributed by atoms with Crippen molar-refractivity contribution < 1.29 is 0 Å². The molecule has 0 saturated carbocycles. The quantitative estimate of drug-likeness (QED) is 0.448. The van der Waals surface area contributed by atoms with Gasteiger partial charge in [0.05, 0.1) is 0 Å². The van der Waals surface area contributed by atoms with Crippen molar-refractivity contribution in [1.29, 1.82) is 0 Å². The van der Waals surface area contributed by atoms with Crippen LogP contribution < -0.4 is 5.32 Å². The minimum absolute atomic E-state index is 1.04. The number of hydrogen-bond acceptors (Lipinski definition) is 1. The van der Waals surface area contributed by atoms with Crippen LogP contribution in [0.5, 0.6) is 0 Å². The summed E-state index contributed by atoms with van der Waals surface area (Å²) < 4.78 is 0. The van der Waals surface area contributed by atoms with Crippen LogP contribution in [0.15, 0.2) is 47.2 Å². The monoisotopic (exact) mass is 313 g/mol. The predicted molar refractivity (Wildman–Crippen MR) is 102 cm³/mol. The van der Waals surface area contributed by atoms with Gasteiger partial charge in [-0.2, -0.15) is 0 Å². The Hall–Kier alpha value is -1.24. The molecule has 0 aliphatic heterocycles. The van der Waals surface area contributed by atoms with E-state index in [2.05, 4.69) is 37.0 Å². The summed E-state index contributed by atoms with van der Waals surface area (Å²) in [5, 5.41) is 3.54. The summed E-state index contributed by atoms with van der Waals surface area (Å²) in [5.41, 5.74) is 6.01. The summed E-state index contributed by atoms with van der Waals surface area (Å²) in [5.74, 6) is 0.